The molecule has 4 rings (SSSR count). The van der Waals surface area contributed by atoms with E-state index in [0.717, 1.165) is 31.6 Å². The summed E-state index contributed by atoms with van der Waals surface area (Å²) in [7, 11) is 0. The summed E-state index contributed by atoms with van der Waals surface area (Å²) in [6, 6.07) is 0. The van der Waals surface area contributed by atoms with Crippen LogP contribution in [0.25, 0.3) is 0 Å². The molecule has 32 heavy (non-hydrogen) atoms. The first-order valence-electron chi connectivity index (χ1n) is 13.8. The van der Waals surface area contributed by atoms with Crippen molar-refractivity contribution in [2.75, 3.05) is 0 Å². The van der Waals surface area contributed by atoms with Gasteiger partial charge in [0.15, 0.2) is 0 Å². The minimum absolute atomic E-state index is 0.00270. The SMILES string of the molecule is CC(C)CCC[C@@H](C)[C@H]1CC[C@@]2(C)[C@@H]3CCC4C(C)(C)C(=O)CC[C@]4(C)[C@H]3C(=O)C[C@]12C. The molecule has 4 fully saturated rings. The molecule has 0 saturated heterocycles. The van der Waals surface area contributed by atoms with Crippen molar-refractivity contribution in [1.82, 2.24) is 0 Å². The summed E-state index contributed by atoms with van der Waals surface area (Å²) in [6.45, 7) is 18.9. The lowest BCUT2D eigenvalue weighted by Crippen LogP contribution is -2.63. The van der Waals surface area contributed by atoms with Crippen molar-refractivity contribution in [3.8, 4) is 0 Å². The number of rotatable bonds is 5. The summed E-state index contributed by atoms with van der Waals surface area (Å²) in [5, 5.41) is 0. The van der Waals surface area contributed by atoms with E-state index in [9.17, 15) is 9.59 Å². The first-order valence-corrected chi connectivity index (χ1v) is 13.8. The van der Waals surface area contributed by atoms with E-state index in [1.165, 1.54) is 32.1 Å². The second-order valence-corrected chi connectivity index (χ2v) is 14.3. The summed E-state index contributed by atoms with van der Waals surface area (Å²) in [4.78, 5) is 26.9. The zero-order valence-corrected chi connectivity index (χ0v) is 22.4. The lowest BCUT2D eigenvalue weighted by Gasteiger charge is -2.65. The van der Waals surface area contributed by atoms with Gasteiger partial charge in [-0.3, -0.25) is 9.59 Å². The molecule has 1 unspecified atom stereocenters. The summed E-state index contributed by atoms with van der Waals surface area (Å²) in [6.07, 6.45) is 11.2. The average Bonchev–Trinajstić information content (AvgIpc) is 2.96. The second kappa shape index (κ2) is 7.94. The highest BCUT2D eigenvalue weighted by Gasteiger charge is 2.69. The van der Waals surface area contributed by atoms with Gasteiger partial charge in [-0.15, -0.1) is 0 Å². The Hall–Kier alpha value is -0.660. The smallest absolute Gasteiger partial charge is 0.138 e. The summed E-state index contributed by atoms with van der Waals surface area (Å²) in [5.41, 5.74) is 0.138. The Kier molecular flexibility index (Phi) is 6.07. The summed E-state index contributed by atoms with van der Waals surface area (Å²) < 4.78 is 0. The molecule has 0 bridgehead atoms. The van der Waals surface area contributed by atoms with Gasteiger partial charge in [0.1, 0.15) is 11.6 Å². The number of carbonyl (C=O) groups excluding carboxylic acids is 2. The van der Waals surface area contributed by atoms with Crippen LogP contribution in [0.2, 0.25) is 0 Å². The number of hydrogen-bond acceptors (Lipinski definition) is 2. The highest BCUT2D eigenvalue weighted by molar-refractivity contribution is 5.88. The van der Waals surface area contributed by atoms with Crippen LogP contribution in [-0.4, -0.2) is 11.6 Å². The maximum absolute atomic E-state index is 14.1. The second-order valence-electron chi connectivity index (χ2n) is 14.3. The van der Waals surface area contributed by atoms with Crippen molar-refractivity contribution in [3.05, 3.63) is 0 Å². The molecule has 0 N–H and O–H groups in total. The van der Waals surface area contributed by atoms with Crippen molar-refractivity contribution in [1.29, 1.82) is 0 Å². The number of Topliss-reactive ketones (excluding diaryl/α,β-unsaturated/α-hetero) is 2. The van der Waals surface area contributed by atoms with Gasteiger partial charge in [-0.1, -0.05) is 74.7 Å². The fraction of sp³-hybridized carbons (Fsp3) is 0.933. The molecule has 0 aliphatic heterocycles. The van der Waals surface area contributed by atoms with Gasteiger partial charge in [0.2, 0.25) is 0 Å². The van der Waals surface area contributed by atoms with Crippen molar-refractivity contribution in [3.63, 3.8) is 0 Å². The molecular weight excluding hydrogens is 392 g/mol. The molecule has 0 amide bonds. The van der Waals surface area contributed by atoms with Gasteiger partial charge in [-0.25, -0.2) is 0 Å². The van der Waals surface area contributed by atoms with Crippen LogP contribution in [-0.2, 0) is 9.59 Å². The van der Waals surface area contributed by atoms with Crippen LogP contribution in [0.4, 0.5) is 0 Å². The van der Waals surface area contributed by atoms with E-state index in [-0.39, 0.29) is 27.6 Å². The highest BCUT2D eigenvalue weighted by Crippen LogP contribution is 2.73. The zero-order chi connectivity index (χ0) is 23.7. The Morgan fingerprint density at radius 2 is 1.56 bits per heavy atom. The molecule has 0 aromatic carbocycles. The molecule has 0 spiro atoms. The molecule has 2 nitrogen and oxygen atoms in total. The maximum Gasteiger partial charge on any atom is 0.138 e. The minimum atomic E-state index is -0.275. The van der Waals surface area contributed by atoms with Crippen LogP contribution in [0.15, 0.2) is 0 Å². The van der Waals surface area contributed by atoms with Gasteiger partial charge >= 0.3 is 0 Å². The molecule has 0 aromatic rings. The third kappa shape index (κ3) is 3.31. The normalized spacial score (nSPS) is 46.5. The van der Waals surface area contributed by atoms with Crippen molar-refractivity contribution >= 4 is 11.6 Å². The third-order valence-electron chi connectivity index (χ3n) is 12.1. The number of carbonyl (C=O) groups is 2. The molecule has 182 valence electrons. The highest BCUT2D eigenvalue weighted by atomic mass is 16.1. The van der Waals surface area contributed by atoms with Crippen molar-refractivity contribution < 1.29 is 9.59 Å². The number of hydrogen-bond donors (Lipinski definition) is 0. The molecule has 0 radical (unpaired) electrons. The zero-order valence-electron chi connectivity index (χ0n) is 22.4. The van der Waals surface area contributed by atoms with Crippen LogP contribution in [0.1, 0.15) is 120 Å². The minimum Gasteiger partial charge on any atom is -0.299 e. The average molecular weight is 443 g/mol. The lowest BCUT2D eigenvalue weighted by molar-refractivity contribution is -0.188. The van der Waals surface area contributed by atoms with Crippen molar-refractivity contribution in [2.24, 2.45) is 57.2 Å². The molecular formula is C30H50O2. The van der Waals surface area contributed by atoms with Gasteiger partial charge in [-0.05, 0) is 77.9 Å². The van der Waals surface area contributed by atoms with Crippen molar-refractivity contribution in [2.45, 2.75) is 120 Å². The molecule has 2 heteroatoms. The fourth-order valence-corrected chi connectivity index (χ4v) is 10.1. The van der Waals surface area contributed by atoms with Gasteiger partial charge in [0, 0.05) is 24.2 Å². The Balaban J connectivity index is 1.62. The lowest BCUT2D eigenvalue weighted by atomic mass is 9.38. The molecule has 8 atom stereocenters. The van der Waals surface area contributed by atoms with E-state index in [1.54, 1.807) is 0 Å². The van der Waals surface area contributed by atoms with Crippen LogP contribution in [0, 0.1) is 57.2 Å². The molecule has 0 heterocycles. The molecule has 4 saturated carbocycles. The number of ketones is 2. The van der Waals surface area contributed by atoms with Crippen LogP contribution < -0.4 is 0 Å². The topological polar surface area (TPSA) is 34.1 Å². The van der Waals surface area contributed by atoms with E-state index in [1.807, 2.05) is 0 Å². The Morgan fingerprint density at radius 3 is 2.22 bits per heavy atom. The van der Waals surface area contributed by atoms with E-state index in [4.69, 9.17) is 0 Å². The summed E-state index contributed by atoms with van der Waals surface area (Å²) >= 11 is 0. The number of fused-ring (bicyclic) bond motifs is 5. The first kappa shape index (κ1) is 24.5. The van der Waals surface area contributed by atoms with E-state index in [0.29, 0.717) is 41.7 Å². The van der Waals surface area contributed by atoms with Gasteiger partial charge < -0.3 is 0 Å². The van der Waals surface area contributed by atoms with Gasteiger partial charge in [-0.2, -0.15) is 0 Å². The quantitative estimate of drug-likeness (QED) is 0.434. The van der Waals surface area contributed by atoms with Gasteiger partial charge in [0.25, 0.3) is 0 Å². The largest absolute Gasteiger partial charge is 0.299 e. The van der Waals surface area contributed by atoms with Gasteiger partial charge in [0.05, 0.1) is 0 Å². The monoisotopic (exact) mass is 442 g/mol. The van der Waals surface area contributed by atoms with Crippen LogP contribution in [0.5, 0.6) is 0 Å². The predicted molar refractivity (Wildman–Crippen MR) is 132 cm³/mol. The third-order valence-corrected chi connectivity index (χ3v) is 12.1. The first-order chi connectivity index (χ1) is 14.8. The molecule has 0 aromatic heterocycles. The van der Waals surface area contributed by atoms with Crippen LogP contribution >= 0.6 is 0 Å². The standard InChI is InChI=1S/C30H50O2/c1-19(2)10-9-11-20(3)21-14-17-29(7)22-12-13-24-27(4,5)25(32)15-16-28(24,6)26(22)23(31)18-30(21,29)8/h19-22,24,26H,9-18H2,1-8H3/t20-,21-,22-,24?,26-,28+,29+,30-/m1/s1. The Labute approximate surface area is 198 Å². The Bertz CT molecular complexity index is 765. The van der Waals surface area contributed by atoms with E-state index < -0.39 is 0 Å². The predicted octanol–water partition coefficient (Wildman–Crippen LogP) is 7.88. The summed E-state index contributed by atoms with van der Waals surface area (Å²) in [5.74, 6) is 4.19. The Morgan fingerprint density at radius 1 is 0.875 bits per heavy atom. The molecule has 4 aliphatic carbocycles. The molecule has 4 aliphatic rings. The fourth-order valence-electron chi connectivity index (χ4n) is 10.1. The van der Waals surface area contributed by atoms with E-state index in [2.05, 4.69) is 55.4 Å². The van der Waals surface area contributed by atoms with E-state index >= 15 is 0 Å². The maximum atomic E-state index is 14.1. The van der Waals surface area contributed by atoms with Crippen LogP contribution in [0.3, 0.4) is 0 Å².